The predicted octanol–water partition coefficient (Wildman–Crippen LogP) is -1.93. The van der Waals surface area contributed by atoms with Gasteiger partial charge in [0.25, 0.3) is 0 Å². The van der Waals surface area contributed by atoms with Crippen molar-refractivity contribution in [3.05, 3.63) is 0 Å². The minimum absolute atomic E-state index is 0. The van der Waals surface area contributed by atoms with Crippen LogP contribution in [0, 0.1) is 0 Å². The van der Waals surface area contributed by atoms with Crippen molar-refractivity contribution in [1.82, 2.24) is 0 Å². The van der Waals surface area contributed by atoms with Crippen LogP contribution in [0.1, 0.15) is 0 Å². The summed E-state index contributed by atoms with van der Waals surface area (Å²) in [7, 11) is 0. The molecule has 0 aromatic carbocycles. The summed E-state index contributed by atoms with van der Waals surface area (Å²) in [6.45, 7) is 0.696. The van der Waals surface area contributed by atoms with Gasteiger partial charge in [0.1, 0.15) is 0 Å². The molecular formula is C4H12CaO3. The Hall–Kier alpha value is 1.14. The van der Waals surface area contributed by atoms with Gasteiger partial charge in [-0.1, -0.05) is 0 Å². The van der Waals surface area contributed by atoms with E-state index in [0.29, 0.717) is 13.2 Å². The van der Waals surface area contributed by atoms with Crippen LogP contribution in [0.2, 0.25) is 0 Å². The number of aliphatic hydroxyl groups is 2. The second kappa shape index (κ2) is 11.0. The number of ether oxygens (including phenoxy) is 1. The predicted molar refractivity (Wildman–Crippen MR) is 33.5 cm³/mol. The quantitative estimate of drug-likeness (QED) is 0.361. The van der Waals surface area contributed by atoms with Gasteiger partial charge in [-0.3, -0.25) is 0 Å². The van der Waals surface area contributed by atoms with Crippen molar-refractivity contribution in [2.75, 3.05) is 26.4 Å². The van der Waals surface area contributed by atoms with E-state index in [9.17, 15) is 0 Å². The first kappa shape index (κ1) is 11.9. The van der Waals surface area contributed by atoms with E-state index in [0.717, 1.165) is 0 Å². The first-order valence-electron chi connectivity index (χ1n) is 2.21. The van der Waals surface area contributed by atoms with Crippen LogP contribution in [0.3, 0.4) is 0 Å². The summed E-state index contributed by atoms with van der Waals surface area (Å²) in [6.07, 6.45) is 0. The third-order valence-corrected chi connectivity index (χ3v) is 0.471. The summed E-state index contributed by atoms with van der Waals surface area (Å²) in [5.41, 5.74) is 0. The molecule has 0 bridgehead atoms. The Balaban J connectivity index is 0. The van der Waals surface area contributed by atoms with Crippen LogP contribution in [0.5, 0.6) is 0 Å². The number of hydrogen-bond acceptors (Lipinski definition) is 3. The molecule has 0 fully saturated rings. The Kier molecular flexibility index (Phi) is 16.3. The number of hydrogen-bond donors (Lipinski definition) is 2. The third kappa shape index (κ3) is 10.2. The molecule has 0 unspecified atom stereocenters. The second-order valence-corrected chi connectivity index (χ2v) is 1.06. The van der Waals surface area contributed by atoms with Gasteiger partial charge in [0.2, 0.25) is 0 Å². The zero-order valence-electron chi connectivity index (χ0n) is 4.13. The fraction of sp³-hybridized carbons (Fsp3) is 1.00. The molecule has 0 aromatic rings. The summed E-state index contributed by atoms with van der Waals surface area (Å²) < 4.78 is 4.63. The van der Waals surface area contributed by atoms with E-state index in [1.165, 1.54) is 0 Å². The van der Waals surface area contributed by atoms with E-state index in [1.807, 2.05) is 0 Å². The van der Waals surface area contributed by atoms with Crippen LogP contribution in [0.15, 0.2) is 0 Å². The van der Waals surface area contributed by atoms with Crippen LogP contribution < -0.4 is 0 Å². The summed E-state index contributed by atoms with van der Waals surface area (Å²) in [5.74, 6) is 0. The average Bonchev–Trinajstić information content (AvgIpc) is 1.69. The summed E-state index contributed by atoms with van der Waals surface area (Å²) in [5, 5.41) is 16.2. The van der Waals surface area contributed by atoms with Crippen molar-refractivity contribution in [1.29, 1.82) is 0 Å². The van der Waals surface area contributed by atoms with E-state index >= 15 is 0 Å². The molecule has 0 aliphatic rings. The molecule has 48 valence electrons. The number of rotatable bonds is 4. The van der Waals surface area contributed by atoms with Crippen molar-refractivity contribution in [2.24, 2.45) is 0 Å². The fourth-order valence-electron chi connectivity index (χ4n) is 0.231. The zero-order chi connectivity index (χ0) is 5.54. The molecule has 0 amide bonds. The molecule has 0 atom stereocenters. The average molecular weight is 148 g/mol. The standard InChI is InChI=1S/C4H10O3.Ca.2H/c5-1-3-7-4-2-6;;;/h5-6H,1-4H2;;;. The van der Waals surface area contributed by atoms with E-state index < -0.39 is 0 Å². The first-order chi connectivity index (χ1) is 3.41. The van der Waals surface area contributed by atoms with E-state index in [4.69, 9.17) is 10.2 Å². The maximum atomic E-state index is 8.09. The Morgan fingerprint density at radius 2 is 1.38 bits per heavy atom. The Morgan fingerprint density at radius 1 is 1.00 bits per heavy atom. The van der Waals surface area contributed by atoms with Crippen molar-refractivity contribution in [3.63, 3.8) is 0 Å². The van der Waals surface area contributed by atoms with E-state index in [2.05, 4.69) is 4.74 Å². The van der Waals surface area contributed by atoms with Gasteiger partial charge < -0.3 is 14.9 Å². The molecule has 0 saturated carbocycles. The summed E-state index contributed by atoms with van der Waals surface area (Å²) in [6, 6.07) is 0. The van der Waals surface area contributed by atoms with Gasteiger partial charge in [0.15, 0.2) is 0 Å². The maximum absolute atomic E-state index is 8.09. The molecule has 0 heterocycles. The normalized spacial score (nSPS) is 8.25. The molecule has 0 saturated heterocycles. The van der Waals surface area contributed by atoms with Crippen LogP contribution in [-0.4, -0.2) is 74.4 Å². The van der Waals surface area contributed by atoms with Crippen molar-refractivity contribution < 1.29 is 14.9 Å². The molecule has 0 spiro atoms. The molecule has 3 nitrogen and oxygen atoms in total. The Labute approximate surface area is 78.7 Å². The van der Waals surface area contributed by atoms with Crippen LogP contribution in [0.4, 0.5) is 0 Å². The summed E-state index contributed by atoms with van der Waals surface area (Å²) >= 11 is 0. The topological polar surface area (TPSA) is 49.7 Å². The van der Waals surface area contributed by atoms with Gasteiger partial charge in [-0.15, -0.1) is 0 Å². The summed E-state index contributed by atoms with van der Waals surface area (Å²) in [4.78, 5) is 0. The van der Waals surface area contributed by atoms with Gasteiger partial charge in [-0.05, 0) is 0 Å². The molecule has 2 N–H and O–H groups in total. The van der Waals surface area contributed by atoms with Gasteiger partial charge in [0.05, 0.1) is 26.4 Å². The van der Waals surface area contributed by atoms with Crippen LogP contribution in [0.25, 0.3) is 0 Å². The van der Waals surface area contributed by atoms with Crippen LogP contribution in [-0.2, 0) is 4.74 Å². The van der Waals surface area contributed by atoms with E-state index in [-0.39, 0.29) is 51.0 Å². The molecule has 0 aromatic heterocycles. The first-order valence-corrected chi connectivity index (χ1v) is 2.21. The van der Waals surface area contributed by atoms with E-state index in [1.54, 1.807) is 0 Å². The van der Waals surface area contributed by atoms with Crippen LogP contribution >= 0.6 is 0 Å². The molecule has 0 aliphatic carbocycles. The molecule has 4 heteroatoms. The van der Waals surface area contributed by atoms with Gasteiger partial charge in [0, 0.05) is 0 Å². The van der Waals surface area contributed by atoms with Gasteiger partial charge in [-0.25, -0.2) is 0 Å². The van der Waals surface area contributed by atoms with Gasteiger partial charge >= 0.3 is 37.7 Å². The van der Waals surface area contributed by atoms with Crippen molar-refractivity contribution >= 4 is 37.7 Å². The number of aliphatic hydroxyl groups excluding tert-OH is 2. The van der Waals surface area contributed by atoms with Gasteiger partial charge in [-0.2, -0.15) is 0 Å². The molecule has 8 heavy (non-hydrogen) atoms. The van der Waals surface area contributed by atoms with Crippen molar-refractivity contribution in [2.45, 2.75) is 0 Å². The fourth-order valence-corrected chi connectivity index (χ4v) is 0.231. The Morgan fingerprint density at radius 3 is 1.62 bits per heavy atom. The molecular weight excluding hydrogens is 136 g/mol. The zero-order valence-corrected chi connectivity index (χ0v) is 4.13. The third-order valence-electron chi connectivity index (χ3n) is 0.471. The minimum atomic E-state index is 0. The Bertz CT molecular complexity index is 30.5. The molecule has 0 rings (SSSR count). The molecule has 0 aliphatic heterocycles. The monoisotopic (exact) mass is 148 g/mol. The SMILES string of the molecule is OCCOCCO.[CaH2]. The second-order valence-electron chi connectivity index (χ2n) is 1.06. The molecule has 0 radical (unpaired) electrons. The van der Waals surface area contributed by atoms with Crippen molar-refractivity contribution in [3.8, 4) is 0 Å².